The maximum atomic E-state index is 14.5. The molecule has 134 valence electrons. The Morgan fingerprint density at radius 3 is 2.37 bits per heavy atom. The fourth-order valence-electron chi connectivity index (χ4n) is 3.48. The van der Waals surface area contributed by atoms with Gasteiger partial charge in [0.05, 0.1) is 6.54 Å². The molecule has 0 aliphatic rings. The summed E-state index contributed by atoms with van der Waals surface area (Å²) in [7, 11) is 0. The highest BCUT2D eigenvalue weighted by molar-refractivity contribution is 6.08. The third-order valence-corrected chi connectivity index (χ3v) is 4.70. The maximum absolute atomic E-state index is 14.5. The molecule has 0 aliphatic carbocycles. The first-order chi connectivity index (χ1) is 13.1. The monoisotopic (exact) mass is 360 g/mol. The zero-order valence-electron chi connectivity index (χ0n) is 14.4. The number of nitrogens with zero attached hydrogens (tertiary/aromatic N) is 1. The number of aromatic nitrogens is 1. The molecule has 0 amide bonds. The Morgan fingerprint density at radius 1 is 0.963 bits per heavy atom. The number of para-hydroxylation sites is 2. The van der Waals surface area contributed by atoms with Crippen LogP contribution in [0, 0.1) is 5.82 Å². The van der Waals surface area contributed by atoms with Gasteiger partial charge in [0.2, 0.25) is 0 Å². The molecule has 0 bridgehead atoms. The molecule has 0 radical (unpaired) electrons. The number of fused-ring (bicyclic) bond motifs is 1. The first kappa shape index (κ1) is 16.8. The van der Waals surface area contributed by atoms with Gasteiger partial charge in [0.25, 0.3) is 0 Å². The van der Waals surface area contributed by atoms with Crippen LogP contribution in [0.3, 0.4) is 0 Å². The Labute approximate surface area is 155 Å². The van der Waals surface area contributed by atoms with E-state index in [1.165, 1.54) is 6.07 Å². The molecule has 0 spiro atoms. The molecule has 0 saturated carbocycles. The molecule has 0 aliphatic heterocycles. The summed E-state index contributed by atoms with van der Waals surface area (Å²) in [6.07, 6.45) is 0. The number of rotatable bonds is 4. The summed E-state index contributed by atoms with van der Waals surface area (Å²) >= 11 is 0. The van der Waals surface area contributed by atoms with Crippen molar-refractivity contribution in [1.82, 2.24) is 4.57 Å². The van der Waals surface area contributed by atoms with Gasteiger partial charge in [-0.05, 0) is 23.8 Å². The SMILES string of the molecule is Nc1ccccc1Cn1c(C(=O)O)c(-c2ccccc2F)c2ccccc21. The molecule has 3 aromatic carbocycles. The van der Waals surface area contributed by atoms with Gasteiger partial charge in [0.1, 0.15) is 11.5 Å². The minimum atomic E-state index is -1.11. The largest absolute Gasteiger partial charge is 0.477 e. The van der Waals surface area contributed by atoms with E-state index < -0.39 is 11.8 Å². The number of carboxylic acid groups (broad SMARTS) is 1. The lowest BCUT2D eigenvalue weighted by Gasteiger charge is -2.11. The second kappa shape index (κ2) is 6.61. The standard InChI is InChI=1S/C22H17FN2O2/c23-17-10-4-2-8-15(17)20-16-9-3-6-12-19(16)25(21(20)22(26)27)13-14-7-1-5-11-18(14)24/h1-12H,13,24H2,(H,26,27). The van der Waals surface area contributed by atoms with Crippen LogP contribution in [0.2, 0.25) is 0 Å². The van der Waals surface area contributed by atoms with Crippen LogP contribution in [-0.4, -0.2) is 15.6 Å². The van der Waals surface area contributed by atoms with E-state index in [2.05, 4.69) is 0 Å². The van der Waals surface area contributed by atoms with Crippen molar-refractivity contribution in [3.8, 4) is 11.1 Å². The minimum absolute atomic E-state index is 0.0459. The van der Waals surface area contributed by atoms with E-state index >= 15 is 0 Å². The summed E-state index contributed by atoms with van der Waals surface area (Å²) in [4.78, 5) is 12.2. The summed E-state index contributed by atoms with van der Waals surface area (Å²) in [6.45, 7) is 0.281. The van der Waals surface area contributed by atoms with Gasteiger partial charge in [0.15, 0.2) is 0 Å². The van der Waals surface area contributed by atoms with Crippen LogP contribution in [0.25, 0.3) is 22.0 Å². The van der Waals surface area contributed by atoms with Crippen molar-refractivity contribution in [2.24, 2.45) is 0 Å². The second-order valence-electron chi connectivity index (χ2n) is 6.31. The van der Waals surface area contributed by atoms with Gasteiger partial charge in [-0.3, -0.25) is 0 Å². The molecule has 4 nitrogen and oxygen atoms in total. The van der Waals surface area contributed by atoms with E-state index in [1.807, 2.05) is 42.5 Å². The summed E-state index contributed by atoms with van der Waals surface area (Å²) in [5, 5.41) is 10.7. The van der Waals surface area contributed by atoms with E-state index in [-0.39, 0.29) is 17.8 Å². The highest BCUT2D eigenvalue weighted by atomic mass is 19.1. The van der Waals surface area contributed by atoms with Crippen LogP contribution in [0.5, 0.6) is 0 Å². The van der Waals surface area contributed by atoms with Crippen molar-refractivity contribution in [3.63, 3.8) is 0 Å². The normalized spacial score (nSPS) is 11.0. The van der Waals surface area contributed by atoms with Crippen LogP contribution in [0.4, 0.5) is 10.1 Å². The molecular formula is C22H17FN2O2. The van der Waals surface area contributed by atoms with Crippen molar-refractivity contribution < 1.29 is 14.3 Å². The molecule has 5 heteroatoms. The number of aromatic carboxylic acids is 1. The van der Waals surface area contributed by atoms with Crippen molar-refractivity contribution in [3.05, 3.63) is 89.9 Å². The Balaban J connectivity index is 2.05. The number of nitrogens with two attached hydrogens (primary N) is 1. The number of hydrogen-bond donors (Lipinski definition) is 2. The number of benzene rings is 3. The van der Waals surface area contributed by atoms with Crippen molar-refractivity contribution >= 4 is 22.6 Å². The van der Waals surface area contributed by atoms with E-state index in [4.69, 9.17) is 5.73 Å². The first-order valence-electron chi connectivity index (χ1n) is 8.50. The summed E-state index contributed by atoms with van der Waals surface area (Å²) in [5.41, 5.74) is 8.86. The quantitative estimate of drug-likeness (QED) is 0.515. The fourth-order valence-corrected chi connectivity index (χ4v) is 3.48. The van der Waals surface area contributed by atoms with Crippen molar-refractivity contribution in [2.45, 2.75) is 6.54 Å². The first-order valence-corrected chi connectivity index (χ1v) is 8.50. The molecular weight excluding hydrogens is 343 g/mol. The zero-order chi connectivity index (χ0) is 19.0. The van der Waals surface area contributed by atoms with Crippen LogP contribution < -0.4 is 5.73 Å². The Kier molecular flexibility index (Phi) is 4.12. The Morgan fingerprint density at radius 2 is 1.63 bits per heavy atom. The number of carbonyl (C=O) groups is 1. The van der Waals surface area contributed by atoms with E-state index in [0.29, 0.717) is 16.6 Å². The van der Waals surface area contributed by atoms with E-state index in [0.717, 1.165) is 11.1 Å². The second-order valence-corrected chi connectivity index (χ2v) is 6.31. The molecule has 0 saturated heterocycles. The highest BCUT2D eigenvalue weighted by Crippen LogP contribution is 2.37. The molecule has 0 fully saturated rings. The Bertz CT molecular complexity index is 1160. The summed E-state index contributed by atoms with van der Waals surface area (Å²) in [6, 6.07) is 20.9. The number of halogens is 1. The lowest BCUT2D eigenvalue weighted by molar-refractivity contribution is 0.0687. The molecule has 3 N–H and O–H groups in total. The third-order valence-electron chi connectivity index (χ3n) is 4.70. The summed E-state index contributed by atoms with van der Waals surface area (Å²) in [5.74, 6) is -1.57. The van der Waals surface area contributed by atoms with Gasteiger partial charge < -0.3 is 15.4 Å². The molecule has 4 aromatic rings. The molecule has 0 unspecified atom stereocenters. The molecule has 0 atom stereocenters. The van der Waals surface area contributed by atoms with Gasteiger partial charge >= 0.3 is 5.97 Å². The van der Waals surface area contributed by atoms with Gasteiger partial charge in [0, 0.05) is 27.7 Å². The molecule has 27 heavy (non-hydrogen) atoms. The highest BCUT2D eigenvalue weighted by Gasteiger charge is 2.25. The van der Waals surface area contributed by atoms with Crippen molar-refractivity contribution in [2.75, 3.05) is 5.73 Å². The van der Waals surface area contributed by atoms with Crippen LogP contribution in [-0.2, 0) is 6.54 Å². The Hall–Kier alpha value is -3.60. The third kappa shape index (κ3) is 2.83. The average molecular weight is 360 g/mol. The van der Waals surface area contributed by atoms with Crippen LogP contribution in [0.1, 0.15) is 16.1 Å². The van der Waals surface area contributed by atoms with Crippen molar-refractivity contribution in [1.29, 1.82) is 0 Å². The van der Waals surface area contributed by atoms with Gasteiger partial charge in [-0.25, -0.2) is 9.18 Å². The van der Waals surface area contributed by atoms with E-state index in [1.54, 1.807) is 28.8 Å². The van der Waals surface area contributed by atoms with Crippen LogP contribution in [0.15, 0.2) is 72.8 Å². The van der Waals surface area contributed by atoms with Gasteiger partial charge in [-0.15, -0.1) is 0 Å². The van der Waals surface area contributed by atoms with E-state index in [9.17, 15) is 14.3 Å². The average Bonchev–Trinajstić information content (AvgIpc) is 2.98. The predicted octanol–water partition coefficient (Wildman–Crippen LogP) is 4.78. The minimum Gasteiger partial charge on any atom is -0.477 e. The topological polar surface area (TPSA) is 68.2 Å². The zero-order valence-corrected chi connectivity index (χ0v) is 14.4. The number of carboxylic acids is 1. The lowest BCUT2D eigenvalue weighted by Crippen LogP contribution is -2.11. The lowest BCUT2D eigenvalue weighted by atomic mass is 10.0. The molecule has 1 aromatic heterocycles. The summed E-state index contributed by atoms with van der Waals surface area (Å²) < 4.78 is 16.2. The number of nitrogen functional groups attached to an aromatic ring is 1. The van der Waals surface area contributed by atoms with Gasteiger partial charge in [-0.1, -0.05) is 54.6 Å². The molecule has 1 heterocycles. The number of hydrogen-bond acceptors (Lipinski definition) is 2. The fraction of sp³-hybridized carbons (Fsp3) is 0.0455. The van der Waals surface area contributed by atoms with Gasteiger partial charge in [-0.2, -0.15) is 0 Å². The number of anilines is 1. The molecule has 4 rings (SSSR count). The van der Waals surface area contributed by atoms with Crippen LogP contribution >= 0.6 is 0 Å². The predicted molar refractivity (Wildman–Crippen MR) is 104 cm³/mol. The maximum Gasteiger partial charge on any atom is 0.353 e. The smallest absolute Gasteiger partial charge is 0.353 e.